The van der Waals surface area contributed by atoms with Crippen LogP contribution in [0.1, 0.15) is 48.2 Å². The molecule has 2 aliphatic heterocycles. The van der Waals surface area contributed by atoms with Gasteiger partial charge in [-0.2, -0.15) is 5.10 Å². The maximum Gasteiger partial charge on any atom is 0.179 e. The Labute approximate surface area is 257 Å². The lowest BCUT2D eigenvalue weighted by Crippen LogP contribution is -2.46. The Kier molecular flexibility index (Phi) is 6.89. The third kappa shape index (κ3) is 4.59. The number of aryl methyl sites for hydroxylation is 1. The van der Waals surface area contributed by atoms with Crippen LogP contribution in [0.2, 0.25) is 0 Å². The number of anilines is 2. The van der Waals surface area contributed by atoms with E-state index in [1.165, 1.54) is 5.56 Å². The number of aromatic nitrogens is 2. The second kappa shape index (κ2) is 11.0. The molecular weight excluding hydrogens is 548 g/mol. The fourth-order valence-electron chi connectivity index (χ4n) is 5.98. The summed E-state index contributed by atoms with van der Waals surface area (Å²) in [6.45, 7) is 6.51. The van der Waals surface area contributed by atoms with Crippen LogP contribution in [-0.2, 0) is 0 Å². The van der Waals surface area contributed by atoms with E-state index in [-0.39, 0.29) is 6.04 Å². The van der Waals surface area contributed by atoms with Crippen molar-refractivity contribution in [1.82, 2.24) is 9.78 Å². The van der Waals surface area contributed by atoms with E-state index in [4.69, 9.17) is 24.6 Å². The van der Waals surface area contributed by atoms with E-state index >= 15 is 0 Å². The molecule has 0 aliphatic carbocycles. The second-order valence-corrected chi connectivity index (χ2v) is 11.2. The fraction of sp³-hybridized carbons (Fsp3) is 0.194. The van der Waals surface area contributed by atoms with Crippen LogP contribution in [0.3, 0.4) is 0 Å². The predicted molar refractivity (Wildman–Crippen MR) is 177 cm³/mol. The molecule has 0 saturated heterocycles. The first-order valence-electron chi connectivity index (χ1n) is 14.8. The maximum absolute atomic E-state index is 5.59. The lowest BCUT2D eigenvalue weighted by molar-refractivity contribution is 0.355. The van der Waals surface area contributed by atoms with Crippen molar-refractivity contribution < 1.29 is 9.47 Å². The van der Waals surface area contributed by atoms with E-state index in [1.54, 1.807) is 14.2 Å². The van der Waals surface area contributed by atoms with Gasteiger partial charge in [0.15, 0.2) is 29.0 Å². The molecule has 1 atom stereocenters. The van der Waals surface area contributed by atoms with Crippen LogP contribution >= 0.6 is 0 Å². The molecule has 220 valence electrons. The highest BCUT2D eigenvalue weighted by molar-refractivity contribution is 6.51. The van der Waals surface area contributed by atoms with Crippen LogP contribution in [0.4, 0.5) is 22.9 Å². The molecule has 0 bridgehead atoms. The molecule has 1 aromatic heterocycles. The Hall–Kier alpha value is -5.37. The van der Waals surface area contributed by atoms with Crippen molar-refractivity contribution in [2.45, 2.75) is 32.7 Å². The first kappa shape index (κ1) is 27.5. The van der Waals surface area contributed by atoms with Crippen molar-refractivity contribution in [3.63, 3.8) is 0 Å². The van der Waals surface area contributed by atoms with Gasteiger partial charge >= 0.3 is 0 Å². The summed E-state index contributed by atoms with van der Waals surface area (Å²) in [6.07, 6.45) is 0. The summed E-state index contributed by atoms with van der Waals surface area (Å²) in [5, 5.41) is 8.59. The topological polar surface area (TPSA) is 76.3 Å². The van der Waals surface area contributed by atoms with Crippen molar-refractivity contribution in [2.24, 2.45) is 9.98 Å². The molecule has 4 aromatic carbocycles. The number of benzene rings is 4. The zero-order valence-corrected chi connectivity index (χ0v) is 25.4. The molecule has 2 aliphatic rings. The molecule has 0 saturated carbocycles. The van der Waals surface area contributed by atoms with E-state index in [0.717, 1.165) is 45.4 Å². The number of hydrogen-bond donors (Lipinski definition) is 1. The molecule has 1 unspecified atom stereocenters. The monoisotopic (exact) mass is 582 g/mol. The summed E-state index contributed by atoms with van der Waals surface area (Å²) in [4.78, 5) is 12.7. The van der Waals surface area contributed by atoms with E-state index in [0.29, 0.717) is 29.1 Å². The fourth-order valence-corrected chi connectivity index (χ4v) is 5.98. The van der Waals surface area contributed by atoms with Crippen LogP contribution in [-0.4, -0.2) is 35.7 Å². The molecular formula is C36H34N6O2. The van der Waals surface area contributed by atoms with Gasteiger partial charge in [0.05, 0.1) is 43.0 Å². The highest BCUT2D eigenvalue weighted by atomic mass is 16.5. The van der Waals surface area contributed by atoms with E-state index in [1.807, 2.05) is 59.3 Å². The molecule has 5 aromatic rings. The summed E-state index contributed by atoms with van der Waals surface area (Å²) < 4.78 is 13.0. The van der Waals surface area contributed by atoms with Crippen molar-refractivity contribution in [2.75, 3.05) is 24.4 Å². The van der Waals surface area contributed by atoms with Gasteiger partial charge in [-0.15, -0.1) is 0 Å². The van der Waals surface area contributed by atoms with Crippen LogP contribution in [0.5, 0.6) is 11.5 Å². The van der Waals surface area contributed by atoms with Crippen LogP contribution in [0.15, 0.2) is 107 Å². The summed E-state index contributed by atoms with van der Waals surface area (Å²) in [6, 6.07) is 32.9. The number of amidine groups is 2. The van der Waals surface area contributed by atoms with Crippen molar-refractivity contribution in [3.8, 4) is 17.2 Å². The Morgan fingerprint density at radius 2 is 1.52 bits per heavy atom. The second-order valence-electron chi connectivity index (χ2n) is 11.2. The number of para-hydroxylation sites is 3. The first-order valence-corrected chi connectivity index (χ1v) is 14.8. The quantitative estimate of drug-likeness (QED) is 0.219. The van der Waals surface area contributed by atoms with E-state index in [9.17, 15) is 0 Å². The van der Waals surface area contributed by atoms with Crippen LogP contribution in [0, 0.1) is 6.92 Å². The first-order chi connectivity index (χ1) is 21.5. The van der Waals surface area contributed by atoms with Gasteiger partial charge in [0.1, 0.15) is 0 Å². The SMILES string of the molecule is COc1ccc(NC2=Nc3ccccc3N3C2=Nc2c(c(C)nn2-c2ccccc2)C3c2ccc(C(C)C)cc2)cc1OC. The molecule has 0 spiro atoms. The smallest absolute Gasteiger partial charge is 0.179 e. The molecule has 8 heteroatoms. The number of rotatable bonds is 6. The average molecular weight is 583 g/mol. The highest BCUT2D eigenvalue weighted by Crippen LogP contribution is 2.48. The lowest BCUT2D eigenvalue weighted by Gasteiger charge is -2.40. The molecule has 0 amide bonds. The minimum Gasteiger partial charge on any atom is -0.493 e. The maximum atomic E-state index is 5.59. The minimum atomic E-state index is -0.185. The standard InChI is InChI=1S/C36H34N6O2/c1-22(2)24-15-17-25(18-16-24)33-32-23(3)40-42(27-11-7-6-8-12-27)35(32)39-36-34(38-28-13-9-10-14-29(28)41(33)36)37-26-19-20-30(43-4)31(21-26)44-5/h6-22,33H,1-5H3,(H,37,38). The summed E-state index contributed by atoms with van der Waals surface area (Å²) in [7, 11) is 3.26. The largest absolute Gasteiger partial charge is 0.493 e. The van der Waals surface area contributed by atoms with Gasteiger partial charge in [-0.25, -0.2) is 14.7 Å². The Bertz CT molecular complexity index is 1910. The van der Waals surface area contributed by atoms with Crippen molar-refractivity contribution in [3.05, 3.63) is 119 Å². The molecule has 44 heavy (non-hydrogen) atoms. The lowest BCUT2D eigenvalue weighted by atomic mass is 9.91. The molecule has 3 heterocycles. The zero-order chi connectivity index (χ0) is 30.4. The Morgan fingerprint density at radius 1 is 0.795 bits per heavy atom. The van der Waals surface area contributed by atoms with Gasteiger partial charge in [0.2, 0.25) is 0 Å². The van der Waals surface area contributed by atoms with Gasteiger partial charge < -0.3 is 19.7 Å². The van der Waals surface area contributed by atoms with Crippen LogP contribution in [0.25, 0.3) is 5.69 Å². The third-order valence-corrected chi connectivity index (χ3v) is 8.20. The number of nitrogens with one attached hydrogen (secondary N) is 1. The van der Waals surface area contributed by atoms with Gasteiger partial charge in [0, 0.05) is 17.3 Å². The predicted octanol–water partition coefficient (Wildman–Crippen LogP) is 8.12. The summed E-state index contributed by atoms with van der Waals surface area (Å²) >= 11 is 0. The number of methoxy groups -OCH3 is 2. The molecule has 0 fully saturated rings. The third-order valence-electron chi connectivity index (χ3n) is 8.20. The van der Waals surface area contributed by atoms with Gasteiger partial charge in [0.25, 0.3) is 0 Å². The van der Waals surface area contributed by atoms with Crippen molar-refractivity contribution in [1.29, 1.82) is 0 Å². The van der Waals surface area contributed by atoms with Gasteiger partial charge in [-0.3, -0.25) is 0 Å². The number of aliphatic imine (C=N–C) groups is 2. The van der Waals surface area contributed by atoms with Crippen LogP contribution < -0.4 is 19.7 Å². The van der Waals surface area contributed by atoms with Crippen molar-refractivity contribution >= 4 is 34.6 Å². The number of nitrogens with zero attached hydrogens (tertiary/aromatic N) is 5. The number of fused-ring (bicyclic) bond motifs is 4. The molecule has 1 N–H and O–H groups in total. The highest BCUT2D eigenvalue weighted by Gasteiger charge is 2.41. The van der Waals surface area contributed by atoms with Gasteiger partial charge in [-0.05, 0) is 60.4 Å². The Balaban J connectivity index is 1.45. The normalized spacial score (nSPS) is 15.1. The summed E-state index contributed by atoms with van der Waals surface area (Å²) in [5.41, 5.74) is 8.05. The molecule has 0 radical (unpaired) electrons. The zero-order valence-electron chi connectivity index (χ0n) is 25.4. The van der Waals surface area contributed by atoms with Gasteiger partial charge in [-0.1, -0.05) is 68.4 Å². The summed E-state index contributed by atoms with van der Waals surface area (Å²) in [5.74, 6) is 3.84. The average Bonchev–Trinajstić information content (AvgIpc) is 3.40. The van der Waals surface area contributed by atoms with E-state index < -0.39 is 0 Å². The Morgan fingerprint density at radius 3 is 2.25 bits per heavy atom. The number of hydrogen-bond acceptors (Lipinski definition) is 7. The minimum absolute atomic E-state index is 0.185. The molecule has 8 nitrogen and oxygen atoms in total. The molecule has 7 rings (SSSR count). The van der Waals surface area contributed by atoms with E-state index in [2.05, 4.69) is 73.5 Å². The number of ether oxygens (including phenoxy) is 2.